The van der Waals surface area contributed by atoms with Gasteiger partial charge >= 0.3 is 6.18 Å². The van der Waals surface area contributed by atoms with Crippen LogP contribution in [0.1, 0.15) is 38.2 Å². The van der Waals surface area contributed by atoms with Crippen molar-refractivity contribution in [1.29, 1.82) is 0 Å². The minimum atomic E-state index is -4.50. The van der Waals surface area contributed by atoms with Crippen LogP contribution >= 0.6 is 0 Å². The summed E-state index contributed by atoms with van der Waals surface area (Å²) in [7, 11) is 0. The molecule has 0 amide bonds. The first-order valence-corrected chi connectivity index (χ1v) is 5.04. The summed E-state index contributed by atoms with van der Waals surface area (Å²) in [5.41, 5.74) is 0.387. The number of nitrogens with zero attached hydrogens (tertiary/aromatic N) is 2. The van der Waals surface area contributed by atoms with Gasteiger partial charge in [-0.15, -0.1) is 0 Å². The van der Waals surface area contributed by atoms with Crippen LogP contribution in [-0.4, -0.2) is 16.5 Å². The molecule has 1 N–H and O–H groups in total. The average Bonchev–Trinajstić information content (AvgIpc) is 2.16. The molecule has 0 aliphatic heterocycles. The molecule has 90 valence electrons. The lowest BCUT2D eigenvalue weighted by molar-refractivity contribution is -0.145. The quantitative estimate of drug-likeness (QED) is 0.871. The third-order valence-corrected chi connectivity index (χ3v) is 1.95. The van der Waals surface area contributed by atoms with Gasteiger partial charge in [0.25, 0.3) is 0 Å². The van der Waals surface area contributed by atoms with Gasteiger partial charge in [0.15, 0.2) is 0 Å². The zero-order valence-electron chi connectivity index (χ0n) is 9.39. The van der Waals surface area contributed by atoms with Crippen molar-refractivity contribution in [3.05, 3.63) is 17.6 Å². The lowest BCUT2D eigenvalue weighted by Crippen LogP contribution is -2.15. The first-order valence-electron chi connectivity index (χ1n) is 5.04. The van der Waals surface area contributed by atoms with E-state index in [1.165, 1.54) is 0 Å². The molecule has 0 aromatic carbocycles. The highest BCUT2D eigenvalue weighted by Crippen LogP contribution is 2.28. The Bertz CT molecular complexity index is 361. The molecule has 0 unspecified atom stereocenters. The minimum absolute atomic E-state index is 0.0680. The second kappa shape index (κ2) is 4.67. The van der Waals surface area contributed by atoms with Crippen LogP contribution in [0.4, 0.5) is 19.0 Å². The van der Waals surface area contributed by atoms with Crippen LogP contribution in [0, 0.1) is 0 Å². The van der Waals surface area contributed by atoms with E-state index in [9.17, 15) is 13.2 Å². The van der Waals surface area contributed by atoms with Gasteiger partial charge in [-0.25, -0.2) is 9.97 Å². The van der Waals surface area contributed by atoms with Crippen molar-refractivity contribution in [2.75, 3.05) is 11.9 Å². The van der Waals surface area contributed by atoms with Gasteiger partial charge in [-0.2, -0.15) is 13.2 Å². The molecule has 16 heavy (non-hydrogen) atoms. The van der Waals surface area contributed by atoms with Crippen LogP contribution in [0.5, 0.6) is 0 Å². The van der Waals surface area contributed by atoms with Crippen LogP contribution in [0.2, 0.25) is 0 Å². The number of nitrogens with one attached hydrogen (secondary N) is 1. The Balaban J connectivity index is 3.19. The summed E-state index contributed by atoms with van der Waals surface area (Å²) in [5.74, 6) is -0.940. The van der Waals surface area contributed by atoms with Gasteiger partial charge in [0.1, 0.15) is 5.82 Å². The predicted octanol–water partition coefficient (Wildman–Crippen LogP) is 3.05. The van der Waals surface area contributed by atoms with E-state index in [1.54, 1.807) is 26.8 Å². The smallest absolute Gasteiger partial charge is 0.370 e. The van der Waals surface area contributed by atoms with Crippen molar-refractivity contribution >= 4 is 5.82 Å². The number of hydrogen-bond acceptors (Lipinski definition) is 3. The predicted molar refractivity (Wildman–Crippen MR) is 55.3 cm³/mol. The van der Waals surface area contributed by atoms with Crippen LogP contribution < -0.4 is 5.32 Å². The van der Waals surface area contributed by atoms with Gasteiger partial charge in [-0.3, -0.25) is 0 Å². The average molecular weight is 233 g/mol. The van der Waals surface area contributed by atoms with Crippen LogP contribution in [0.25, 0.3) is 0 Å². The molecule has 3 nitrogen and oxygen atoms in total. The highest BCUT2D eigenvalue weighted by atomic mass is 19.4. The third kappa shape index (κ3) is 3.08. The van der Waals surface area contributed by atoms with E-state index in [4.69, 9.17) is 0 Å². The molecule has 0 radical (unpaired) electrons. The molecule has 6 heteroatoms. The number of rotatable bonds is 3. The fraction of sp³-hybridized carbons (Fsp3) is 0.600. The van der Waals surface area contributed by atoms with Gasteiger partial charge in [-0.1, -0.05) is 13.8 Å². The summed E-state index contributed by atoms with van der Waals surface area (Å²) >= 11 is 0. The summed E-state index contributed by atoms with van der Waals surface area (Å²) in [4.78, 5) is 6.94. The molecule has 1 heterocycles. The monoisotopic (exact) mass is 233 g/mol. The SMILES string of the molecule is CCNc1cc(C(C)C)nc(C(F)(F)F)n1. The van der Waals surface area contributed by atoms with E-state index in [1.807, 2.05) is 0 Å². The molecule has 0 bridgehead atoms. The molecular formula is C10H14F3N3. The third-order valence-electron chi connectivity index (χ3n) is 1.95. The summed E-state index contributed by atoms with van der Waals surface area (Å²) < 4.78 is 37.5. The summed E-state index contributed by atoms with van der Waals surface area (Å²) in [6.07, 6.45) is -4.50. The van der Waals surface area contributed by atoms with E-state index in [-0.39, 0.29) is 11.7 Å². The Morgan fingerprint density at radius 2 is 1.94 bits per heavy atom. The van der Waals surface area contributed by atoms with Crippen molar-refractivity contribution < 1.29 is 13.2 Å². The van der Waals surface area contributed by atoms with Crippen molar-refractivity contribution in [3.8, 4) is 0 Å². The highest BCUT2D eigenvalue weighted by molar-refractivity contribution is 5.37. The standard InChI is InChI=1S/C10H14F3N3/c1-4-14-8-5-7(6(2)3)15-9(16-8)10(11,12)13/h5-6H,4H2,1-3H3,(H,14,15,16). The van der Waals surface area contributed by atoms with Crippen molar-refractivity contribution in [1.82, 2.24) is 9.97 Å². The number of hydrogen-bond donors (Lipinski definition) is 1. The van der Waals surface area contributed by atoms with Crippen molar-refractivity contribution in [2.45, 2.75) is 32.9 Å². The van der Waals surface area contributed by atoms with Crippen LogP contribution in [0.3, 0.4) is 0 Å². The second-order valence-electron chi connectivity index (χ2n) is 3.68. The van der Waals surface area contributed by atoms with E-state index in [2.05, 4.69) is 15.3 Å². The van der Waals surface area contributed by atoms with E-state index in [0.717, 1.165) is 0 Å². The zero-order valence-corrected chi connectivity index (χ0v) is 9.39. The molecule has 1 aromatic rings. The molecule has 0 aliphatic rings. The Kier molecular flexibility index (Phi) is 3.72. The largest absolute Gasteiger partial charge is 0.451 e. The molecule has 1 aromatic heterocycles. The Morgan fingerprint density at radius 3 is 2.38 bits per heavy atom. The molecule has 1 rings (SSSR count). The highest BCUT2D eigenvalue weighted by Gasteiger charge is 2.35. The molecule has 0 saturated heterocycles. The lowest BCUT2D eigenvalue weighted by Gasteiger charge is -2.12. The number of anilines is 1. The molecule has 0 atom stereocenters. The van der Waals surface area contributed by atoms with Crippen LogP contribution in [-0.2, 0) is 6.18 Å². The Morgan fingerprint density at radius 1 is 1.31 bits per heavy atom. The van der Waals surface area contributed by atoms with Gasteiger partial charge in [0.05, 0.1) is 0 Å². The van der Waals surface area contributed by atoms with E-state index >= 15 is 0 Å². The van der Waals surface area contributed by atoms with E-state index < -0.39 is 12.0 Å². The molecule has 0 aliphatic carbocycles. The first kappa shape index (κ1) is 12.7. The Hall–Kier alpha value is -1.33. The van der Waals surface area contributed by atoms with Crippen molar-refractivity contribution in [2.24, 2.45) is 0 Å². The molecule has 0 saturated carbocycles. The number of alkyl halides is 3. The van der Waals surface area contributed by atoms with Gasteiger partial charge in [-0.05, 0) is 12.8 Å². The summed E-state index contributed by atoms with van der Waals surface area (Å²) in [6, 6.07) is 1.55. The number of aromatic nitrogens is 2. The number of halogens is 3. The Labute approximate surface area is 92.1 Å². The molecule has 0 spiro atoms. The topological polar surface area (TPSA) is 37.8 Å². The second-order valence-corrected chi connectivity index (χ2v) is 3.68. The van der Waals surface area contributed by atoms with Gasteiger partial charge in [0.2, 0.25) is 5.82 Å². The maximum atomic E-state index is 12.5. The molecule has 0 fully saturated rings. The first-order chi connectivity index (χ1) is 7.34. The maximum absolute atomic E-state index is 12.5. The normalized spacial score (nSPS) is 11.9. The van der Waals surface area contributed by atoms with E-state index in [0.29, 0.717) is 12.2 Å². The van der Waals surface area contributed by atoms with Crippen LogP contribution in [0.15, 0.2) is 6.07 Å². The lowest BCUT2D eigenvalue weighted by atomic mass is 10.1. The fourth-order valence-electron chi connectivity index (χ4n) is 1.16. The zero-order chi connectivity index (χ0) is 12.3. The summed E-state index contributed by atoms with van der Waals surface area (Å²) in [6.45, 7) is 5.90. The minimum Gasteiger partial charge on any atom is -0.370 e. The van der Waals surface area contributed by atoms with Gasteiger partial charge < -0.3 is 5.32 Å². The molecular weight excluding hydrogens is 219 g/mol. The summed E-state index contributed by atoms with van der Waals surface area (Å²) in [5, 5.41) is 2.76. The maximum Gasteiger partial charge on any atom is 0.451 e. The van der Waals surface area contributed by atoms with Gasteiger partial charge in [0, 0.05) is 18.3 Å². The fourth-order valence-corrected chi connectivity index (χ4v) is 1.16. The van der Waals surface area contributed by atoms with Crippen molar-refractivity contribution in [3.63, 3.8) is 0 Å².